The maximum atomic E-state index is 12.1. The van der Waals surface area contributed by atoms with Gasteiger partial charge in [-0.3, -0.25) is 0 Å². The van der Waals surface area contributed by atoms with E-state index in [1.165, 1.54) is 6.42 Å². The normalized spacial score (nSPS) is 25.6. The Kier molecular flexibility index (Phi) is 6.65. The molecule has 1 fully saturated rings. The molecule has 1 aliphatic rings. The maximum absolute atomic E-state index is 12.1. The summed E-state index contributed by atoms with van der Waals surface area (Å²) < 4.78 is 0. The van der Waals surface area contributed by atoms with Gasteiger partial charge >= 0.3 is 12.0 Å². The molecule has 116 valence electrons. The Labute approximate surface area is 125 Å². The lowest BCUT2D eigenvalue weighted by Gasteiger charge is -2.33. The van der Waals surface area contributed by atoms with Crippen LogP contribution in [-0.2, 0) is 4.79 Å². The molecule has 3 unspecified atom stereocenters. The number of hydrogen-bond donors (Lipinski definition) is 3. The van der Waals surface area contributed by atoms with Crippen molar-refractivity contribution < 1.29 is 14.7 Å². The first-order chi connectivity index (χ1) is 9.42. The van der Waals surface area contributed by atoms with Crippen LogP contribution in [0.2, 0.25) is 0 Å². The molecule has 2 amide bonds. The number of carbonyl (C=O) groups is 2. The van der Waals surface area contributed by atoms with E-state index in [0.29, 0.717) is 18.1 Å². The molecular formula is C14H26N2O3S. The van der Waals surface area contributed by atoms with E-state index >= 15 is 0 Å². The molecule has 1 rings (SSSR count). The summed E-state index contributed by atoms with van der Waals surface area (Å²) in [5.74, 6) is -0.987. The number of aliphatic carboxylic acids is 1. The maximum Gasteiger partial charge on any atom is 0.329 e. The molecule has 0 aromatic carbocycles. The third kappa shape index (κ3) is 4.58. The second-order valence-corrected chi connectivity index (χ2v) is 6.73. The lowest BCUT2D eigenvalue weighted by molar-refractivity contribution is -0.144. The van der Waals surface area contributed by atoms with E-state index in [4.69, 9.17) is 0 Å². The molecule has 20 heavy (non-hydrogen) atoms. The molecule has 5 nitrogen and oxygen atoms in total. The van der Waals surface area contributed by atoms with Crippen molar-refractivity contribution in [3.8, 4) is 0 Å². The highest BCUT2D eigenvalue weighted by Crippen LogP contribution is 2.27. The van der Waals surface area contributed by atoms with Gasteiger partial charge in [-0.1, -0.05) is 26.2 Å². The summed E-state index contributed by atoms with van der Waals surface area (Å²) in [5, 5.41) is 15.3. The van der Waals surface area contributed by atoms with Gasteiger partial charge in [-0.05, 0) is 32.4 Å². The SMILES string of the molecule is CCCC(C)(NC(=O)NC1CCCCC1SC)C(=O)O. The molecule has 0 spiro atoms. The lowest BCUT2D eigenvalue weighted by Crippen LogP contribution is -2.58. The molecule has 0 bridgehead atoms. The third-order valence-corrected chi connectivity index (χ3v) is 5.10. The highest BCUT2D eigenvalue weighted by atomic mass is 32.2. The van der Waals surface area contributed by atoms with Crippen LogP contribution in [0.3, 0.4) is 0 Å². The number of rotatable bonds is 6. The molecule has 1 aliphatic carbocycles. The van der Waals surface area contributed by atoms with Crippen LogP contribution < -0.4 is 10.6 Å². The zero-order valence-electron chi connectivity index (χ0n) is 12.6. The number of thioether (sulfide) groups is 1. The Morgan fingerprint density at radius 1 is 1.35 bits per heavy atom. The van der Waals surface area contributed by atoms with Gasteiger partial charge in [0.05, 0.1) is 0 Å². The average Bonchev–Trinajstić information content (AvgIpc) is 2.39. The van der Waals surface area contributed by atoms with E-state index in [1.54, 1.807) is 18.7 Å². The number of carbonyl (C=O) groups excluding carboxylic acids is 1. The quantitative estimate of drug-likeness (QED) is 0.704. The van der Waals surface area contributed by atoms with E-state index in [0.717, 1.165) is 19.3 Å². The van der Waals surface area contributed by atoms with E-state index in [1.807, 2.05) is 6.92 Å². The average molecular weight is 302 g/mol. The highest BCUT2D eigenvalue weighted by molar-refractivity contribution is 7.99. The smallest absolute Gasteiger partial charge is 0.329 e. The molecule has 3 N–H and O–H groups in total. The fourth-order valence-corrected chi connectivity index (χ4v) is 3.66. The van der Waals surface area contributed by atoms with Crippen LogP contribution in [0.1, 0.15) is 52.4 Å². The Balaban J connectivity index is 2.59. The van der Waals surface area contributed by atoms with Crippen molar-refractivity contribution in [1.29, 1.82) is 0 Å². The van der Waals surface area contributed by atoms with Crippen LogP contribution in [0, 0.1) is 0 Å². The van der Waals surface area contributed by atoms with Gasteiger partial charge in [-0.15, -0.1) is 0 Å². The minimum atomic E-state index is -1.19. The molecule has 3 atom stereocenters. The lowest BCUT2D eigenvalue weighted by atomic mass is 9.94. The topological polar surface area (TPSA) is 78.4 Å². The zero-order chi connectivity index (χ0) is 15.2. The first-order valence-electron chi connectivity index (χ1n) is 7.27. The highest BCUT2D eigenvalue weighted by Gasteiger charge is 2.35. The monoisotopic (exact) mass is 302 g/mol. The Bertz CT molecular complexity index is 351. The van der Waals surface area contributed by atoms with Gasteiger partial charge in [0.1, 0.15) is 5.54 Å². The first-order valence-corrected chi connectivity index (χ1v) is 8.56. The van der Waals surface area contributed by atoms with Crippen LogP contribution in [0.4, 0.5) is 4.79 Å². The largest absolute Gasteiger partial charge is 0.480 e. The fraction of sp³-hybridized carbons (Fsp3) is 0.857. The van der Waals surface area contributed by atoms with Gasteiger partial charge in [0.15, 0.2) is 0 Å². The van der Waals surface area contributed by atoms with Gasteiger partial charge < -0.3 is 15.7 Å². The van der Waals surface area contributed by atoms with Gasteiger partial charge in [0.2, 0.25) is 0 Å². The number of carboxylic acids is 1. The van der Waals surface area contributed by atoms with E-state index in [2.05, 4.69) is 16.9 Å². The van der Waals surface area contributed by atoms with Gasteiger partial charge in [0, 0.05) is 11.3 Å². The zero-order valence-corrected chi connectivity index (χ0v) is 13.4. The van der Waals surface area contributed by atoms with Gasteiger partial charge in [0.25, 0.3) is 0 Å². The number of carboxylic acid groups (broad SMARTS) is 1. The summed E-state index contributed by atoms with van der Waals surface area (Å²) in [5.41, 5.74) is -1.19. The summed E-state index contributed by atoms with van der Waals surface area (Å²) in [7, 11) is 0. The van der Waals surface area contributed by atoms with E-state index in [9.17, 15) is 14.7 Å². The molecule has 0 aromatic rings. The molecule has 0 heterocycles. The van der Waals surface area contributed by atoms with Crippen LogP contribution >= 0.6 is 11.8 Å². The second-order valence-electron chi connectivity index (χ2n) is 5.65. The predicted octanol–water partition coefficient (Wildman–Crippen LogP) is 2.60. The van der Waals surface area contributed by atoms with Gasteiger partial charge in [-0.2, -0.15) is 11.8 Å². The Hall–Kier alpha value is -0.910. The minimum Gasteiger partial charge on any atom is -0.480 e. The minimum absolute atomic E-state index is 0.137. The standard InChI is InChI=1S/C14H26N2O3S/c1-4-9-14(2,12(17)18)16-13(19)15-10-7-5-6-8-11(10)20-3/h10-11H,4-9H2,1-3H3,(H,17,18)(H2,15,16,19). The molecule has 6 heteroatoms. The van der Waals surface area contributed by atoms with Crippen LogP contribution in [0.15, 0.2) is 0 Å². The molecular weight excluding hydrogens is 276 g/mol. The number of urea groups is 1. The summed E-state index contributed by atoms with van der Waals surface area (Å²) >= 11 is 1.77. The summed E-state index contributed by atoms with van der Waals surface area (Å²) in [6.45, 7) is 3.47. The first kappa shape index (κ1) is 17.1. The van der Waals surface area contributed by atoms with Crippen molar-refractivity contribution >= 4 is 23.8 Å². The molecule has 1 saturated carbocycles. The third-order valence-electron chi connectivity index (χ3n) is 3.93. The van der Waals surface area contributed by atoms with Crippen molar-refractivity contribution in [2.24, 2.45) is 0 Å². The number of nitrogens with one attached hydrogen (secondary N) is 2. The van der Waals surface area contributed by atoms with E-state index in [-0.39, 0.29) is 12.1 Å². The molecule has 0 saturated heterocycles. The van der Waals surface area contributed by atoms with Crippen molar-refractivity contribution in [3.63, 3.8) is 0 Å². The molecule has 0 radical (unpaired) electrons. The fourth-order valence-electron chi connectivity index (χ4n) is 2.72. The Morgan fingerprint density at radius 3 is 2.55 bits per heavy atom. The van der Waals surface area contributed by atoms with Crippen molar-refractivity contribution in [2.75, 3.05) is 6.26 Å². The van der Waals surface area contributed by atoms with Crippen LogP contribution in [0.5, 0.6) is 0 Å². The molecule has 0 aliphatic heterocycles. The number of hydrogen-bond acceptors (Lipinski definition) is 3. The van der Waals surface area contributed by atoms with Crippen LogP contribution in [-0.4, -0.2) is 40.2 Å². The summed E-state index contributed by atoms with van der Waals surface area (Å²) in [4.78, 5) is 23.4. The summed E-state index contributed by atoms with van der Waals surface area (Å²) in [6, 6.07) is -0.229. The van der Waals surface area contributed by atoms with Crippen molar-refractivity contribution in [3.05, 3.63) is 0 Å². The second kappa shape index (κ2) is 7.76. The summed E-state index contributed by atoms with van der Waals surface area (Å²) in [6.07, 6.45) is 7.59. The van der Waals surface area contributed by atoms with Crippen molar-refractivity contribution in [1.82, 2.24) is 10.6 Å². The van der Waals surface area contributed by atoms with E-state index < -0.39 is 11.5 Å². The van der Waals surface area contributed by atoms with Crippen LogP contribution in [0.25, 0.3) is 0 Å². The molecule has 0 aromatic heterocycles. The van der Waals surface area contributed by atoms with Crippen molar-refractivity contribution in [2.45, 2.75) is 69.2 Å². The predicted molar refractivity (Wildman–Crippen MR) is 82.2 cm³/mol. The Morgan fingerprint density at radius 2 is 2.00 bits per heavy atom. The number of amides is 2. The van der Waals surface area contributed by atoms with Gasteiger partial charge in [-0.25, -0.2) is 9.59 Å².